The Kier molecular flexibility index (Phi) is 5.22. The van der Waals surface area contributed by atoms with Gasteiger partial charge in [-0.05, 0) is 13.3 Å². The van der Waals surface area contributed by atoms with Crippen molar-refractivity contribution < 1.29 is 14.3 Å². The average molecular weight is 359 g/mol. The predicted octanol–water partition coefficient (Wildman–Crippen LogP) is 3.25. The normalized spacial score (nSPS) is 22.8. The van der Waals surface area contributed by atoms with E-state index in [9.17, 15) is 9.59 Å². The van der Waals surface area contributed by atoms with Gasteiger partial charge in [0.1, 0.15) is 0 Å². The molecule has 1 aromatic carbocycles. The lowest BCUT2D eigenvalue weighted by atomic mass is 9.83. The molecule has 1 N–H and O–H groups in total. The standard InChI is InChI=1S/C18H21N3O3S/c1-3-7-13-10-15(23)24-18(13,2)14(22)11-25-17-19-16(20-21-17)12-8-5-4-6-9-12/h4-6,8-9,13H,3,7,10-11H2,1-2H3,(H,19,20,21)/t13-,18+/m1/s1. The second-order valence-corrected chi connectivity index (χ2v) is 7.26. The van der Waals surface area contributed by atoms with E-state index in [4.69, 9.17) is 4.74 Å². The lowest BCUT2D eigenvalue weighted by Gasteiger charge is -2.27. The third-order valence-electron chi connectivity index (χ3n) is 4.55. The van der Waals surface area contributed by atoms with Crippen LogP contribution in [0.5, 0.6) is 0 Å². The zero-order chi connectivity index (χ0) is 17.9. The van der Waals surface area contributed by atoms with Gasteiger partial charge in [-0.15, -0.1) is 5.10 Å². The molecule has 3 rings (SSSR count). The van der Waals surface area contributed by atoms with Crippen LogP contribution in [-0.2, 0) is 14.3 Å². The van der Waals surface area contributed by atoms with Crippen molar-refractivity contribution in [2.45, 2.75) is 43.9 Å². The molecule has 132 valence electrons. The van der Waals surface area contributed by atoms with Gasteiger partial charge in [-0.2, -0.15) is 0 Å². The van der Waals surface area contributed by atoms with Crippen molar-refractivity contribution >= 4 is 23.5 Å². The van der Waals surface area contributed by atoms with Crippen LogP contribution >= 0.6 is 11.8 Å². The summed E-state index contributed by atoms with van der Waals surface area (Å²) in [5, 5.41) is 7.54. The molecule has 2 aromatic rings. The van der Waals surface area contributed by atoms with E-state index in [2.05, 4.69) is 15.2 Å². The number of ketones is 1. The fourth-order valence-corrected chi connectivity index (χ4v) is 3.89. The topological polar surface area (TPSA) is 84.9 Å². The van der Waals surface area contributed by atoms with Gasteiger partial charge in [-0.3, -0.25) is 14.7 Å². The van der Waals surface area contributed by atoms with Gasteiger partial charge in [-0.1, -0.05) is 55.4 Å². The van der Waals surface area contributed by atoms with Crippen molar-refractivity contribution in [2.75, 3.05) is 5.75 Å². The van der Waals surface area contributed by atoms with Gasteiger partial charge in [0, 0.05) is 11.5 Å². The molecule has 25 heavy (non-hydrogen) atoms. The number of aromatic nitrogens is 3. The molecular formula is C18H21N3O3S. The molecule has 0 unspecified atom stereocenters. The van der Waals surface area contributed by atoms with Gasteiger partial charge >= 0.3 is 5.97 Å². The maximum Gasteiger partial charge on any atom is 0.307 e. The Labute approximate surface area is 150 Å². The van der Waals surface area contributed by atoms with Crippen LogP contribution < -0.4 is 0 Å². The first-order valence-electron chi connectivity index (χ1n) is 8.38. The van der Waals surface area contributed by atoms with E-state index in [0.717, 1.165) is 18.4 Å². The number of rotatable bonds is 7. The quantitative estimate of drug-likeness (QED) is 0.603. The number of cyclic esters (lactones) is 1. The molecule has 0 amide bonds. The van der Waals surface area contributed by atoms with Crippen molar-refractivity contribution in [1.29, 1.82) is 0 Å². The lowest BCUT2D eigenvalue weighted by molar-refractivity contribution is -0.156. The third-order valence-corrected chi connectivity index (χ3v) is 5.40. The molecule has 1 fully saturated rings. The van der Waals surface area contributed by atoms with Crippen molar-refractivity contribution in [1.82, 2.24) is 15.2 Å². The van der Waals surface area contributed by atoms with Crippen LogP contribution in [0.1, 0.15) is 33.1 Å². The molecule has 0 spiro atoms. The first-order chi connectivity index (χ1) is 12.0. The summed E-state index contributed by atoms with van der Waals surface area (Å²) >= 11 is 1.26. The van der Waals surface area contributed by atoms with E-state index in [1.165, 1.54) is 11.8 Å². The maximum absolute atomic E-state index is 12.7. The molecule has 2 heterocycles. The minimum absolute atomic E-state index is 0.0508. The first-order valence-corrected chi connectivity index (χ1v) is 9.37. The molecule has 6 nitrogen and oxygen atoms in total. The van der Waals surface area contributed by atoms with Gasteiger partial charge < -0.3 is 4.74 Å². The van der Waals surface area contributed by atoms with E-state index >= 15 is 0 Å². The number of carbonyl (C=O) groups is 2. The average Bonchev–Trinajstić information content (AvgIpc) is 3.19. The molecule has 1 aliphatic rings. The number of aromatic amines is 1. The highest BCUT2D eigenvalue weighted by atomic mass is 32.2. The fourth-order valence-electron chi connectivity index (χ4n) is 3.08. The number of nitrogens with one attached hydrogen (secondary N) is 1. The summed E-state index contributed by atoms with van der Waals surface area (Å²) in [6, 6.07) is 9.67. The number of hydrogen-bond acceptors (Lipinski definition) is 6. The Balaban J connectivity index is 1.64. The second kappa shape index (κ2) is 7.39. The Morgan fingerprint density at radius 1 is 1.40 bits per heavy atom. The number of benzene rings is 1. The smallest absolute Gasteiger partial charge is 0.307 e. The highest BCUT2D eigenvalue weighted by molar-refractivity contribution is 7.99. The fraction of sp³-hybridized carbons (Fsp3) is 0.444. The van der Waals surface area contributed by atoms with Crippen molar-refractivity contribution in [3.05, 3.63) is 30.3 Å². The summed E-state index contributed by atoms with van der Waals surface area (Å²) in [7, 11) is 0. The molecule has 1 aliphatic heterocycles. The Morgan fingerprint density at radius 2 is 2.16 bits per heavy atom. The van der Waals surface area contributed by atoms with E-state index in [0.29, 0.717) is 17.4 Å². The molecule has 0 bridgehead atoms. The predicted molar refractivity (Wildman–Crippen MR) is 95.1 cm³/mol. The second-order valence-electron chi connectivity index (χ2n) is 6.32. The summed E-state index contributed by atoms with van der Waals surface area (Å²) in [4.78, 5) is 28.8. The van der Waals surface area contributed by atoms with Gasteiger partial charge in [0.05, 0.1) is 12.2 Å². The number of esters is 1. The summed E-state index contributed by atoms with van der Waals surface area (Å²) in [6.07, 6.45) is 2.04. The summed E-state index contributed by atoms with van der Waals surface area (Å²) in [6.45, 7) is 3.77. The van der Waals surface area contributed by atoms with Crippen molar-refractivity contribution in [2.24, 2.45) is 5.92 Å². The number of Topliss-reactive ketones (excluding diaryl/α,β-unsaturated/α-hetero) is 1. The maximum atomic E-state index is 12.7. The number of ether oxygens (including phenoxy) is 1. The monoisotopic (exact) mass is 359 g/mol. The van der Waals surface area contributed by atoms with Crippen LogP contribution in [0, 0.1) is 5.92 Å². The number of nitrogens with zero attached hydrogens (tertiary/aromatic N) is 2. The SMILES string of the molecule is CCC[C@@H]1CC(=O)O[C@]1(C)C(=O)CSc1n[nH]c(-c2ccccc2)n1. The van der Waals surface area contributed by atoms with Gasteiger partial charge in [0.2, 0.25) is 5.16 Å². The molecule has 1 aromatic heterocycles. The molecule has 7 heteroatoms. The zero-order valence-electron chi connectivity index (χ0n) is 14.3. The molecule has 2 atom stereocenters. The van der Waals surface area contributed by atoms with Crippen LogP contribution in [0.2, 0.25) is 0 Å². The number of thioether (sulfide) groups is 1. The van der Waals surface area contributed by atoms with Crippen LogP contribution in [0.3, 0.4) is 0 Å². The van der Waals surface area contributed by atoms with Crippen LogP contribution in [0.25, 0.3) is 11.4 Å². The van der Waals surface area contributed by atoms with E-state index in [1.807, 2.05) is 37.3 Å². The van der Waals surface area contributed by atoms with E-state index < -0.39 is 5.60 Å². The zero-order valence-corrected chi connectivity index (χ0v) is 15.1. The van der Waals surface area contributed by atoms with E-state index in [-0.39, 0.29) is 23.4 Å². The highest BCUT2D eigenvalue weighted by Crippen LogP contribution is 2.37. The molecule has 0 aliphatic carbocycles. The van der Waals surface area contributed by atoms with Crippen molar-refractivity contribution in [3.63, 3.8) is 0 Å². The number of carbonyl (C=O) groups excluding carboxylic acids is 2. The van der Waals surface area contributed by atoms with Crippen LogP contribution in [0.4, 0.5) is 0 Å². The highest BCUT2D eigenvalue weighted by Gasteiger charge is 2.49. The number of hydrogen-bond donors (Lipinski definition) is 1. The van der Waals surface area contributed by atoms with Gasteiger partial charge in [0.25, 0.3) is 0 Å². The molecule has 1 saturated heterocycles. The van der Waals surface area contributed by atoms with Crippen LogP contribution in [0.15, 0.2) is 35.5 Å². The Bertz CT molecular complexity index is 762. The Hall–Kier alpha value is -2.15. The van der Waals surface area contributed by atoms with Gasteiger partial charge in [0.15, 0.2) is 17.2 Å². The van der Waals surface area contributed by atoms with E-state index in [1.54, 1.807) is 6.92 Å². The largest absolute Gasteiger partial charge is 0.451 e. The Morgan fingerprint density at radius 3 is 2.88 bits per heavy atom. The summed E-state index contributed by atoms with van der Waals surface area (Å²) < 4.78 is 5.39. The van der Waals surface area contributed by atoms with Gasteiger partial charge in [-0.25, -0.2) is 4.98 Å². The molecule has 0 saturated carbocycles. The minimum Gasteiger partial charge on any atom is -0.451 e. The lowest BCUT2D eigenvalue weighted by Crippen LogP contribution is -2.42. The third kappa shape index (κ3) is 3.76. The minimum atomic E-state index is -1.03. The number of H-pyrrole nitrogens is 1. The van der Waals surface area contributed by atoms with Crippen LogP contribution in [-0.4, -0.2) is 38.3 Å². The molecular weight excluding hydrogens is 338 g/mol. The van der Waals surface area contributed by atoms with Crippen molar-refractivity contribution in [3.8, 4) is 11.4 Å². The first kappa shape index (κ1) is 17.7. The summed E-state index contributed by atoms with van der Waals surface area (Å²) in [5.74, 6) is 0.412. The molecule has 0 radical (unpaired) electrons. The summed E-state index contributed by atoms with van der Waals surface area (Å²) in [5.41, 5.74) is -0.0913.